The summed E-state index contributed by atoms with van der Waals surface area (Å²) in [5.74, 6) is 0.926. The molecule has 0 bridgehead atoms. The Morgan fingerprint density at radius 2 is 2.06 bits per heavy atom. The lowest BCUT2D eigenvalue weighted by Crippen LogP contribution is -2.32. The number of hydrogen-bond donors (Lipinski definition) is 1. The first-order valence-corrected chi connectivity index (χ1v) is 7.02. The number of benzene rings is 1. The standard InChI is InChI=1S/C14H20BrN/c1-3-14(11-8-9-11)16-10(2)12-6-4-5-7-13(12)15/h4-7,10-11,14,16H,3,8-9H2,1-2H3. The number of nitrogens with one attached hydrogen (secondary N) is 1. The molecule has 0 amide bonds. The second-order valence-electron chi connectivity index (χ2n) is 4.76. The van der Waals surface area contributed by atoms with E-state index in [1.807, 2.05) is 0 Å². The largest absolute Gasteiger partial charge is 0.307 e. The van der Waals surface area contributed by atoms with Gasteiger partial charge in [0.15, 0.2) is 0 Å². The summed E-state index contributed by atoms with van der Waals surface area (Å²) in [6.45, 7) is 4.54. The molecule has 1 aromatic carbocycles. The smallest absolute Gasteiger partial charge is 0.0305 e. The molecule has 16 heavy (non-hydrogen) atoms. The van der Waals surface area contributed by atoms with E-state index in [1.54, 1.807) is 0 Å². The van der Waals surface area contributed by atoms with Crippen LogP contribution in [0.15, 0.2) is 28.7 Å². The van der Waals surface area contributed by atoms with Gasteiger partial charge in [0.25, 0.3) is 0 Å². The summed E-state index contributed by atoms with van der Waals surface area (Å²) < 4.78 is 1.21. The van der Waals surface area contributed by atoms with Crippen LogP contribution in [0.5, 0.6) is 0 Å². The quantitative estimate of drug-likeness (QED) is 0.849. The van der Waals surface area contributed by atoms with E-state index >= 15 is 0 Å². The van der Waals surface area contributed by atoms with Crippen LogP contribution in [0.3, 0.4) is 0 Å². The molecule has 1 aliphatic carbocycles. The van der Waals surface area contributed by atoms with Crippen LogP contribution in [-0.2, 0) is 0 Å². The predicted molar refractivity (Wildman–Crippen MR) is 72.5 cm³/mol. The summed E-state index contributed by atoms with van der Waals surface area (Å²) in [5, 5.41) is 3.76. The van der Waals surface area contributed by atoms with Crippen LogP contribution < -0.4 is 5.32 Å². The number of rotatable bonds is 5. The van der Waals surface area contributed by atoms with Crippen molar-refractivity contribution in [2.24, 2.45) is 5.92 Å². The Balaban J connectivity index is 2.01. The Bertz CT molecular complexity index is 346. The van der Waals surface area contributed by atoms with E-state index in [9.17, 15) is 0 Å². The van der Waals surface area contributed by atoms with Crippen molar-refractivity contribution in [1.82, 2.24) is 5.32 Å². The highest BCUT2D eigenvalue weighted by Crippen LogP contribution is 2.35. The summed E-state index contributed by atoms with van der Waals surface area (Å²) in [5.41, 5.74) is 1.36. The molecule has 2 atom stereocenters. The molecule has 1 saturated carbocycles. The number of halogens is 1. The van der Waals surface area contributed by atoms with Gasteiger partial charge < -0.3 is 5.32 Å². The van der Waals surface area contributed by atoms with Crippen molar-refractivity contribution in [3.63, 3.8) is 0 Å². The Morgan fingerprint density at radius 1 is 1.38 bits per heavy atom. The molecule has 0 radical (unpaired) electrons. The fourth-order valence-corrected chi connectivity index (χ4v) is 2.95. The lowest BCUT2D eigenvalue weighted by Gasteiger charge is -2.23. The second-order valence-corrected chi connectivity index (χ2v) is 5.62. The van der Waals surface area contributed by atoms with Crippen LogP contribution in [0.2, 0.25) is 0 Å². The first-order chi connectivity index (χ1) is 7.72. The Morgan fingerprint density at radius 3 is 2.62 bits per heavy atom. The topological polar surface area (TPSA) is 12.0 Å². The van der Waals surface area contributed by atoms with E-state index in [0.717, 1.165) is 5.92 Å². The SMILES string of the molecule is CCC(NC(C)c1ccccc1Br)C1CC1. The van der Waals surface area contributed by atoms with Gasteiger partial charge in [-0.25, -0.2) is 0 Å². The minimum atomic E-state index is 0.432. The first kappa shape index (κ1) is 12.1. The molecule has 0 aliphatic heterocycles. The van der Waals surface area contributed by atoms with Gasteiger partial charge in [0.05, 0.1) is 0 Å². The van der Waals surface area contributed by atoms with Crippen LogP contribution in [-0.4, -0.2) is 6.04 Å². The predicted octanol–water partition coefficient (Wildman–Crippen LogP) is 4.29. The summed E-state index contributed by atoms with van der Waals surface area (Å²) in [6.07, 6.45) is 4.06. The minimum Gasteiger partial charge on any atom is -0.307 e. The van der Waals surface area contributed by atoms with Crippen molar-refractivity contribution in [1.29, 1.82) is 0 Å². The highest BCUT2D eigenvalue weighted by molar-refractivity contribution is 9.10. The van der Waals surface area contributed by atoms with Crippen molar-refractivity contribution in [2.45, 2.75) is 45.2 Å². The van der Waals surface area contributed by atoms with E-state index in [1.165, 1.54) is 29.3 Å². The molecule has 2 heteroatoms. The lowest BCUT2D eigenvalue weighted by atomic mass is 10.0. The molecule has 1 fully saturated rings. The minimum absolute atomic E-state index is 0.432. The molecular formula is C14H20BrN. The number of hydrogen-bond acceptors (Lipinski definition) is 1. The fraction of sp³-hybridized carbons (Fsp3) is 0.571. The highest BCUT2D eigenvalue weighted by Gasteiger charge is 2.30. The first-order valence-electron chi connectivity index (χ1n) is 6.22. The molecular weight excluding hydrogens is 262 g/mol. The molecule has 2 unspecified atom stereocenters. The van der Waals surface area contributed by atoms with Gasteiger partial charge in [0, 0.05) is 16.6 Å². The zero-order chi connectivity index (χ0) is 11.5. The molecule has 1 aliphatic rings. The van der Waals surface area contributed by atoms with Crippen molar-refractivity contribution in [3.05, 3.63) is 34.3 Å². The van der Waals surface area contributed by atoms with Crippen LogP contribution >= 0.6 is 15.9 Å². The summed E-state index contributed by atoms with van der Waals surface area (Å²) in [4.78, 5) is 0. The molecule has 1 nitrogen and oxygen atoms in total. The molecule has 88 valence electrons. The van der Waals surface area contributed by atoms with Crippen LogP contribution in [0, 0.1) is 5.92 Å². The van der Waals surface area contributed by atoms with Crippen LogP contribution in [0.1, 0.15) is 44.7 Å². The van der Waals surface area contributed by atoms with Crippen LogP contribution in [0.25, 0.3) is 0 Å². The average molecular weight is 282 g/mol. The van der Waals surface area contributed by atoms with E-state index < -0.39 is 0 Å². The van der Waals surface area contributed by atoms with E-state index in [-0.39, 0.29) is 0 Å². The van der Waals surface area contributed by atoms with Crippen molar-refractivity contribution >= 4 is 15.9 Å². The summed E-state index contributed by atoms with van der Waals surface area (Å²) in [6, 6.07) is 9.62. The summed E-state index contributed by atoms with van der Waals surface area (Å²) >= 11 is 3.62. The normalized spacial score (nSPS) is 19.4. The monoisotopic (exact) mass is 281 g/mol. The maximum Gasteiger partial charge on any atom is 0.0305 e. The van der Waals surface area contributed by atoms with Gasteiger partial charge in [-0.1, -0.05) is 41.1 Å². The van der Waals surface area contributed by atoms with Crippen LogP contribution in [0.4, 0.5) is 0 Å². The van der Waals surface area contributed by atoms with Gasteiger partial charge in [-0.2, -0.15) is 0 Å². The average Bonchev–Trinajstić information content (AvgIpc) is 3.10. The highest BCUT2D eigenvalue weighted by atomic mass is 79.9. The molecule has 0 aromatic heterocycles. The molecule has 1 N–H and O–H groups in total. The van der Waals surface area contributed by atoms with Gasteiger partial charge in [0.2, 0.25) is 0 Å². The molecule has 0 saturated heterocycles. The maximum absolute atomic E-state index is 3.76. The second kappa shape index (κ2) is 5.33. The van der Waals surface area contributed by atoms with E-state index in [4.69, 9.17) is 0 Å². The van der Waals surface area contributed by atoms with Crippen molar-refractivity contribution < 1.29 is 0 Å². The Labute approximate surface area is 107 Å². The molecule has 0 spiro atoms. The third-order valence-electron chi connectivity index (χ3n) is 3.47. The van der Waals surface area contributed by atoms with Gasteiger partial charge in [0.1, 0.15) is 0 Å². The molecule has 1 aromatic rings. The Hall–Kier alpha value is -0.340. The third-order valence-corrected chi connectivity index (χ3v) is 4.19. The third kappa shape index (κ3) is 2.86. The lowest BCUT2D eigenvalue weighted by molar-refractivity contribution is 0.404. The van der Waals surface area contributed by atoms with Crippen molar-refractivity contribution in [2.75, 3.05) is 0 Å². The van der Waals surface area contributed by atoms with Gasteiger partial charge >= 0.3 is 0 Å². The zero-order valence-electron chi connectivity index (χ0n) is 10.0. The zero-order valence-corrected chi connectivity index (χ0v) is 11.6. The van der Waals surface area contributed by atoms with Gasteiger partial charge in [-0.05, 0) is 43.7 Å². The fourth-order valence-electron chi connectivity index (χ4n) is 2.32. The Kier molecular flexibility index (Phi) is 4.04. The van der Waals surface area contributed by atoms with Crippen molar-refractivity contribution in [3.8, 4) is 0 Å². The van der Waals surface area contributed by atoms with E-state index in [0.29, 0.717) is 12.1 Å². The van der Waals surface area contributed by atoms with Gasteiger partial charge in [-0.3, -0.25) is 0 Å². The summed E-state index contributed by atoms with van der Waals surface area (Å²) in [7, 11) is 0. The maximum atomic E-state index is 3.76. The molecule has 2 rings (SSSR count). The van der Waals surface area contributed by atoms with E-state index in [2.05, 4.69) is 59.4 Å². The molecule has 0 heterocycles. The van der Waals surface area contributed by atoms with Gasteiger partial charge in [-0.15, -0.1) is 0 Å².